The van der Waals surface area contributed by atoms with Gasteiger partial charge >= 0.3 is 0 Å². The molecule has 1 heterocycles. The second kappa shape index (κ2) is 5.84. The molecule has 2 rings (SSSR count). The lowest BCUT2D eigenvalue weighted by Gasteiger charge is -2.17. The highest BCUT2D eigenvalue weighted by Gasteiger charge is 2.34. The molecule has 1 aliphatic rings. The molecule has 5 nitrogen and oxygen atoms in total. The Bertz CT molecular complexity index is 555. The van der Waals surface area contributed by atoms with E-state index in [2.05, 4.69) is 12.6 Å². The van der Waals surface area contributed by atoms with Gasteiger partial charge in [-0.05, 0) is 40.3 Å². The Morgan fingerprint density at radius 2 is 2.26 bits per heavy atom. The van der Waals surface area contributed by atoms with Crippen molar-refractivity contribution in [3.8, 4) is 0 Å². The molecule has 0 bridgehead atoms. The molecule has 0 saturated carbocycles. The molecule has 1 amide bonds. The lowest BCUT2D eigenvalue weighted by Crippen LogP contribution is -2.25. The van der Waals surface area contributed by atoms with Crippen LogP contribution in [0.4, 0.5) is 11.4 Å². The molecule has 1 aromatic rings. The van der Waals surface area contributed by atoms with Gasteiger partial charge < -0.3 is 4.90 Å². The molecule has 0 aliphatic carbocycles. The van der Waals surface area contributed by atoms with Gasteiger partial charge in [-0.25, -0.2) is 0 Å². The van der Waals surface area contributed by atoms with E-state index in [0.29, 0.717) is 27.3 Å². The number of thiol groups is 1. The van der Waals surface area contributed by atoms with E-state index in [1.807, 2.05) is 22.6 Å². The van der Waals surface area contributed by atoms with Gasteiger partial charge in [0, 0.05) is 22.6 Å². The second-order valence-corrected chi connectivity index (χ2v) is 6.20. The van der Waals surface area contributed by atoms with E-state index >= 15 is 0 Å². The van der Waals surface area contributed by atoms with Crippen molar-refractivity contribution in [2.45, 2.75) is 6.42 Å². The van der Waals surface area contributed by atoms with E-state index in [-0.39, 0.29) is 23.2 Å². The number of nitrogens with zero attached hydrogens (tertiary/aromatic N) is 2. The molecule has 1 unspecified atom stereocenters. The number of hydrogen-bond donors (Lipinski definition) is 1. The van der Waals surface area contributed by atoms with Crippen molar-refractivity contribution in [1.29, 1.82) is 0 Å². The van der Waals surface area contributed by atoms with Crippen LogP contribution in [0, 0.1) is 19.6 Å². The van der Waals surface area contributed by atoms with E-state index in [1.54, 1.807) is 0 Å². The third kappa shape index (κ3) is 2.97. The van der Waals surface area contributed by atoms with Crippen molar-refractivity contribution >= 4 is 64.1 Å². The minimum absolute atomic E-state index is 0.0954. The Kier molecular flexibility index (Phi) is 4.57. The van der Waals surface area contributed by atoms with Crippen LogP contribution in [0.5, 0.6) is 0 Å². The summed E-state index contributed by atoms with van der Waals surface area (Å²) in [5, 5.41) is 11.5. The van der Waals surface area contributed by atoms with Gasteiger partial charge in [0.2, 0.25) is 5.91 Å². The second-order valence-electron chi connectivity index (χ2n) is 4.27. The van der Waals surface area contributed by atoms with E-state index < -0.39 is 4.92 Å². The zero-order valence-electron chi connectivity index (χ0n) is 9.68. The zero-order chi connectivity index (χ0) is 14.2. The van der Waals surface area contributed by atoms with Crippen molar-refractivity contribution < 1.29 is 9.72 Å². The van der Waals surface area contributed by atoms with Crippen LogP contribution in [0.2, 0.25) is 5.02 Å². The number of amides is 1. The Hall–Kier alpha value is -0.540. The zero-order valence-corrected chi connectivity index (χ0v) is 13.5. The van der Waals surface area contributed by atoms with Crippen LogP contribution in [0.15, 0.2) is 12.1 Å². The third-order valence-electron chi connectivity index (χ3n) is 2.97. The number of nitro groups is 1. The van der Waals surface area contributed by atoms with E-state index in [9.17, 15) is 14.9 Å². The first-order chi connectivity index (χ1) is 8.93. The van der Waals surface area contributed by atoms with Gasteiger partial charge in [-0.1, -0.05) is 11.6 Å². The number of rotatable bonds is 3. The summed E-state index contributed by atoms with van der Waals surface area (Å²) < 4.78 is 0.590. The van der Waals surface area contributed by atoms with Crippen molar-refractivity contribution in [3.63, 3.8) is 0 Å². The monoisotopic (exact) mass is 412 g/mol. The Labute approximate surface area is 134 Å². The topological polar surface area (TPSA) is 63.5 Å². The predicted molar refractivity (Wildman–Crippen MR) is 85.1 cm³/mol. The number of halogens is 2. The van der Waals surface area contributed by atoms with Crippen molar-refractivity contribution in [2.24, 2.45) is 5.92 Å². The first kappa shape index (κ1) is 14.9. The van der Waals surface area contributed by atoms with Crippen LogP contribution in [0.3, 0.4) is 0 Å². The summed E-state index contributed by atoms with van der Waals surface area (Å²) in [6, 6.07) is 2.87. The molecule has 0 radical (unpaired) electrons. The van der Waals surface area contributed by atoms with Crippen LogP contribution in [-0.2, 0) is 4.79 Å². The van der Waals surface area contributed by atoms with E-state index in [4.69, 9.17) is 11.6 Å². The van der Waals surface area contributed by atoms with Gasteiger partial charge in [-0.2, -0.15) is 12.6 Å². The fourth-order valence-corrected chi connectivity index (χ4v) is 2.88. The van der Waals surface area contributed by atoms with Crippen molar-refractivity contribution in [3.05, 3.63) is 30.8 Å². The maximum atomic E-state index is 11.9. The number of carbonyl (C=O) groups is 1. The average Bonchev–Trinajstić information content (AvgIpc) is 2.73. The Morgan fingerprint density at radius 3 is 2.79 bits per heavy atom. The molecule has 0 spiro atoms. The molecule has 1 atom stereocenters. The summed E-state index contributed by atoms with van der Waals surface area (Å²) in [5.74, 6) is 0.571. The molecule has 1 aliphatic heterocycles. The predicted octanol–water partition coefficient (Wildman–Crippen LogP) is 3.14. The highest BCUT2D eigenvalue weighted by molar-refractivity contribution is 14.1. The molecular weight excluding hydrogens is 403 g/mol. The van der Waals surface area contributed by atoms with E-state index in [1.165, 1.54) is 17.0 Å². The summed E-state index contributed by atoms with van der Waals surface area (Å²) in [6.07, 6.45) is 0.365. The maximum Gasteiger partial charge on any atom is 0.294 e. The summed E-state index contributed by atoms with van der Waals surface area (Å²) in [5.41, 5.74) is 0.173. The third-order valence-corrected chi connectivity index (χ3v) is 5.01. The van der Waals surface area contributed by atoms with Crippen LogP contribution >= 0.6 is 46.8 Å². The molecular formula is C11H10ClIN2O3S. The smallest absolute Gasteiger partial charge is 0.294 e. The number of hydrogen-bond acceptors (Lipinski definition) is 4. The van der Waals surface area contributed by atoms with Crippen LogP contribution in [-0.4, -0.2) is 23.1 Å². The summed E-state index contributed by atoms with van der Waals surface area (Å²) in [7, 11) is 0. The van der Waals surface area contributed by atoms with Crippen LogP contribution < -0.4 is 4.90 Å². The highest BCUT2D eigenvalue weighted by Crippen LogP contribution is 2.37. The van der Waals surface area contributed by atoms with Gasteiger partial charge in [0.05, 0.1) is 9.95 Å². The lowest BCUT2D eigenvalue weighted by atomic mass is 10.1. The largest absolute Gasteiger partial charge is 0.306 e. The number of nitro benzene ring substituents is 1. The summed E-state index contributed by atoms with van der Waals surface area (Å²) in [4.78, 5) is 24.0. The Morgan fingerprint density at radius 1 is 1.58 bits per heavy atom. The quantitative estimate of drug-likeness (QED) is 0.359. The van der Waals surface area contributed by atoms with Crippen LogP contribution in [0.1, 0.15) is 6.42 Å². The fourth-order valence-electron chi connectivity index (χ4n) is 2.02. The van der Waals surface area contributed by atoms with Crippen molar-refractivity contribution in [2.75, 3.05) is 17.2 Å². The SMILES string of the molecule is O=C1CC(CS)CN1c1cc(Cl)c(I)cc1[N+](=O)[O-]. The van der Waals surface area contributed by atoms with Crippen molar-refractivity contribution in [1.82, 2.24) is 0 Å². The Balaban J connectivity index is 2.47. The van der Waals surface area contributed by atoms with Gasteiger partial charge in [0.1, 0.15) is 5.69 Å². The molecule has 0 aromatic heterocycles. The number of benzene rings is 1. The van der Waals surface area contributed by atoms with Crippen LogP contribution in [0.25, 0.3) is 0 Å². The van der Waals surface area contributed by atoms with Gasteiger partial charge in [-0.3, -0.25) is 14.9 Å². The number of carbonyl (C=O) groups excluding carboxylic acids is 1. The normalized spacial score (nSPS) is 19.0. The molecule has 1 fully saturated rings. The average molecular weight is 413 g/mol. The van der Waals surface area contributed by atoms with Gasteiger partial charge in [-0.15, -0.1) is 0 Å². The fraction of sp³-hybridized carbons (Fsp3) is 0.364. The first-order valence-electron chi connectivity index (χ1n) is 5.48. The maximum absolute atomic E-state index is 11.9. The first-order valence-corrected chi connectivity index (χ1v) is 7.57. The minimum atomic E-state index is -0.491. The standard InChI is InChI=1S/C11H10ClIN2O3S/c12-7-2-9(10(15(17)18)3-8(7)13)14-4-6(5-19)1-11(14)16/h2-3,6,19H,1,4-5H2. The lowest BCUT2D eigenvalue weighted by molar-refractivity contribution is -0.384. The van der Waals surface area contributed by atoms with E-state index in [0.717, 1.165) is 0 Å². The highest BCUT2D eigenvalue weighted by atomic mass is 127. The summed E-state index contributed by atoms with van der Waals surface area (Å²) in [6.45, 7) is 0.445. The molecule has 0 N–H and O–H groups in total. The molecule has 19 heavy (non-hydrogen) atoms. The molecule has 8 heteroatoms. The summed E-state index contributed by atoms with van der Waals surface area (Å²) >= 11 is 12.1. The molecule has 1 aromatic carbocycles. The molecule has 1 saturated heterocycles. The van der Waals surface area contributed by atoms with Gasteiger partial charge in [0.25, 0.3) is 5.69 Å². The van der Waals surface area contributed by atoms with Gasteiger partial charge in [0.15, 0.2) is 0 Å². The molecule has 102 valence electrons. The number of anilines is 1. The minimum Gasteiger partial charge on any atom is -0.306 e.